The van der Waals surface area contributed by atoms with Gasteiger partial charge in [-0.25, -0.2) is 0 Å². The largest absolute Gasteiger partial charge is 0.313 e. The van der Waals surface area contributed by atoms with Crippen LogP contribution < -0.4 is 5.32 Å². The molecule has 0 fully saturated rings. The molecule has 1 heterocycles. The zero-order valence-corrected chi connectivity index (χ0v) is 11.6. The van der Waals surface area contributed by atoms with E-state index in [1.807, 2.05) is 18.5 Å². The van der Waals surface area contributed by atoms with Crippen molar-refractivity contribution in [2.24, 2.45) is 7.05 Å². The Morgan fingerprint density at radius 1 is 1.38 bits per heavy atom. The van der Waals surface area contributed by atoms with Crippen LogP contribution in [0.15, 0.2) is 5.16 Å². The van der Waals surface area contributed by atoms with Gasteiger partial charge in [-0.15, -0.1) is 10.2 Å². The Balaban J connectivity index is 2.62. The summed E-state index contributed by atoms with van der Waals surface area (Å²) >= 11 is 1.79. The lowest BCUT2D eigenvalue weighted by Crippen LogP contribution is -2.36. The first-order chi connectivity index (χ1) is 7.60. The van der Waals surface area contributed by atoms with Gasteiger partial charge in [0, 0.05) is 18.3 Å². The molecule has 0 aliphatic carbocycles. The predicted octanol–water partition coefficient (Wildman–Crippen LogP) is 1.99. The molecule has 1 aromatic rings. The molecule has 2 atom stereocenters. The van der Waals surface area contributed by atoms with Crippen LogP contribution in [0.25, 0.3) is 0 Å². The lowest BCUT2D eigenvalue weighted by molar-refractivity contribution is 0.508. The van der Waals surface area contributed by atoms with E-state index in [2.05, 4.69) is 36.3 Å². The van der Waals surface area contributed by atoms with Crippen molar-refractivity contribution in [2.75, 3.05) is 6.54 Å². The number of nitrogens with zero attached hydrogens (tertiary/aromatic N) is 3. The maximum absolute atomic E-state index is 4.18. The molecule has 0 amide bonds. The van der Waals surface area contributed by atoms with Gasteiger partial charge in [0.15, 0.2) is 5.16 Å². The zero-order valence-electron chi connectivity index (χ0n) is 10.8. The molecular weight excluding hydrogens is 220 g/mol. The second kappa shape index (κ2) is 6.25. The van der Waals surface area contributed by atoms with Gasteiger partial charge in [-0.2, -0.15) is 0 Å². The van der Waals surface area contributed by atoms with E-state index in [1.165, 1.54) is 0 Å². The maximum atomic E-state index is 4.18. The number of thioether (sulfide) groups is 1. The van der Waals surface area contributed by atoms with Gasteiger partial charge in [0.2, 0.25) is 0 Å². The van der Waals surface area contributed by atoms with Crippen LogP contribution in [0, 0.1) is 6.92 Å². The highest BCUT2D eigenvalue weighted by atomic mass is 32.2. The summed E-state index contributed by atoms with van der Waals surface area (Å²) in [6.07, 6.45) is 1.14. The number of hydrogen-bond donors (Lipinski definition) is 1. The third-order valence-corrected chi connectivity index (χ3v) is 4.08. The SMILES string of the molecule is CCNC(CC)C(C)Sc1nnc(C)n1C. The first-order valence-corrected chi connectivity index (χ1v) is 6.74. The molecule has 92 valence electrons. The highest BCUT2D eigenvalue weighted by molar-refractivity contribution is 7.99. The summed E-state index contributed by atoms with van der Waals surface area (Å²) in [5.74, 6) is 0.964. The molecule has 0 aliphatic heterocycles. The highest BCUT2D eigenvalue weighted by Crippen LogP contribution is 2.24. The molecule has 0 aliphatic rings. The van der Waals surface area contributed by atoms with Crippen LogP contribution in [0.3, 0.4) is 0 Å². The molecular formula is C11H22N4S. The maximum Gasteiger partial charge on any atom is 0.191 e. The fourth-order valence-corrected chi connectivity index (χ4v) is 2.81. The Morgan fingerprint density at radius 3 is 2.50 bits per heavy atom. The second-order valence-corrected chi connectivity index (χ2v) is 5.33. The van der Waals surface area contributed by atoms with Crippen LogP contribution in [0.1, 0.15) is 33.0 Å². The zero-order chi connectivity index (χ0) is 12.1. The summed E-state index contributed by atoms with van der Waals surface area (Å²) in [5, 5.41) is 13.3. The van der Waals surface area contributed by atoms with Gasteiger partial charge in [-0.1, -0.05) is 32.5 Å². The van der Waals surface area contributed by atoms with Crippen LogP contribution in [0.5, 0.6) is 0 Å². The Kier molecular flexibility index (Phi) is 5.28. The van der Waals surface area contributed by atoms with Gasteiger partial charge in [-0.3, -0.25) is 0 Å². The van der Waals surface area contributed by atoms with Crippen LogP contribution in [0.4, 0.5) is 0 Å². The quantitative estimate of drug-likeness (QED) is 0.775. The van der Waals surface area contributed by atoms with Crippen molar-refractivity contribution in [1.29, 1.82) is 0 Å². The lowest BCUT2D eigenvalue weighted by Gasteiger charge is -2.22. The van der Waals surface area contributed by atoms with Crippen molar-refractivity contribution in [3.63, 3.8) is 0 Å². The van der Waals surface area contributed by atoms with Gasteiger partial charge in [0.25, 0.3) is 0 Å². The van der Waals surface area contributed by atoms with E-state index in [0.29, 0.717) is 11.3 Å². The van der Waals surface area contributed by atoms with Gasteiger partial charge in [0.05, 0.1) is 0 Å². The van der Waals surface area contributed by atoms with Crippen LogP contribution >= 0.6 is 11.8 Å². The molecule has 5 heteroatoms. The van der Waals surface area contributed by atoms with Gasteiger partial charge in [0.1, 0.15) is 5.82 Å². The van der Waals surface area contributed by atoms with E-state index >= 15 is 0 Å². The predicted molar refractivity (Wildman–Crippen MR) is 68.8 cm³/mol. The molecule has 0 spiro atoms. The van der Waals surface area contributed by atoms with E-state index in [9.17, 15) is 0 Å². The third kappa shape index (κ3) is 3.22. The minimum Gasteiger partial charge on any atom is -0.313 e. The van der Waals surface area contributed by atoms with Crippen LogP contribution in [-0.4, -0.2) is 32.6 Å². The summed E-state index contributed by atoms with van der Waals surface area (Å²) in [6.45, 7) is 9.59. The Labute approximate surface area is 102 Å². The Hall–Kier alpha value is -0.550. The third-order valence-electron chi connectivity index (χ3n) is 2.82. The molecule has 1 rings (SSSR count). The first-order valence-electron chi connectivity index (χ1n) is 5.86. The fraction of sp³-hybridized carbons (Fsp3) is 0.818. The van der Waals surface area contributed by atoms with E-state index in [0.717, 1.165) is 23.9 Å². The number of aromatic nitrogens is 3. The topological polar surface area (TPSA) is 42.7 Å². The smallest absolute Gasteiger partial charge is 0.191 e. The number of aryl methyl sites for hydroxylation is 1. The molecule has 1 aromatic heterocycles. The second-order valence-electron chi connectivity index (χ2n) is 3.98. The normalized spacial score (nSPS) is 15.1. The summed E-state index contributed by atoms with van der Waals surface area (Å²) < 4.78 is 2.04. The Bertz CT molecular complexity index is 324. The summed E-state index contributed by atoms with van der Waals surface area (Å²) in [6, 6.07) is 0.534. The highest BCUT2D eigenvalue weighted by Gasteiger charge is 2.18. The van der Waals surface area contributed by atoms with Crippen molar-refractivity contribution in [3.05, 3.63) is 5.82 Å². The van der Waals surface area contributed by atoms with E-state index in [-0.39, 0.29) is 0 Å². The number of rotatable bonds is 6. The number of nitrogens with one attached hydrogen (secondary N) is 1. The van der Waals surface area contributed by atoms with Crippen molar-refractivity contribution >= 4 is 11.8 Å². The van der Waals surface area contributed by atoms with Crippen LogP contribution in [-0.2, 0) is 7.05 Å². The van der Waals surface area contributed by atoms with E-state index in [1.54, 1.807) is 11.8 Å². The molecule has 16 heavy (non-hydrogen) atoms. The van der Waals surface area contributed by atoms with Crippen molar-refractivity contribution < 1.29 is 0 Å². The van der Waals surface area contributed by atoms with Gasteiger partial charge in [-0.05, 0) is 19.9 Å². The molecule has 2 unspecified atom stereocenters. The molecule has 0 saturated carbocycles. The molecule has 0 radical (unpaired) electrons. The van der Waals surface area contributed by atoms with E-state index < -0.39 is 0 Å². The number of hydrogen-bond acceptors (Lipinski definition) is 4. The standard InChI is InChI=1S/C11H22N4S/c1-6-10(12-7-2)8(3)16-11-14-13-9(4)15(11)5/h8,10,12H,6-7H2,1-5H3. The minimum atomic E-state index is 0.507. The molecule has 0 aromatic carbocycles. The van der Waals surface area contributed by atoms with E-state index in [4.69, 9.17) is 0 Å². The fourth-order valence-electron chi connectivity index (χ4n) is 1.64. The molecule has 0 bridgehead atoms. The lowest BCUT2D eigenvalue weighted by atomic mass is 10.2. The summed E-state index contributed by atoms with van der Waals surface area (Å²) in [7, 11) is 2.01. The van der Waals surface area contributed by atoms with Crippen molar-refractivity contribution in [1.82, 2.24) is 20.1 Å². The average Bonchev–Trinajstić information content (AvgIpc) is 2.57. The van der Waals surface area contributed by atoms with Gasteiger partial charge < -0.3 is 9.88 Å². The Morgan fingerprint density at radius 2 is 2.06 bits per heavy atom. The molecule has 1 N–H and O–H groups in total. The van der Waals surface area contributed by atoms with Crippen molar-refractivity contribution in [3.8, 4) is 0 Å². The van der Waals surface area contributed by atoms with Crippen LogP contribution in [0.2, 0.25) is 0 Å². The van der Waals surface area contributed by atoms with Crippen molar-refractivity contribution in [2.45, 2.75) is 50.6 Å². The molecule has 4 nitrogen and oxygen atoms in total. The average molecular weight is 242 g/mol. The summed E-state index contributed by atoms with van der Waals surface area (Å²) in [4.78, 5) is 0. The summed E-state index contributed by atoms with van der Waals surface area (Å²) in [5.41, 5.74) is 0. The minimum absolute atomic E-state index is 0.507. The molecule has 0 saturated heterocycles. The van der Waals surface area contributed by atoms with Gasteiger partial charge >= 0.3 is 0 Å². The first kappa shape index (κ1) is 13.5. The monoisotopic (exact) mass is 242 g/mol.